The van der Waals surface area contributed by atoms with Gasteiger partial charge in [0.05, 0.1) is 12.6 Å². The van der Waals surface area contributed by atoms with Crippen LogP contribution in [0.2, 0.25) is 0 Å². The van der Waals surface area contributed by atoms with Crippen LogP contribution in [0.4, 0.5) is 0 Å². The Morgan fingerprint density at radius 1 is 1.20 bits per heavy atom. The summed E-state index contributed by atoms with van der Waals surface area (Å²) in [6, 6.07) is 0. The normalized spacial score (nSPS) is 32.4. The Morgan fingerprint density at radius 3 is 2.55 bits per heavy atom. The molecule has 0 radical (unpaired) electrons. The lowest BCUT2D eigenvalue weighted by Gasteiger charge is -2.37. The molecule has 0 aromatic heterocycles. The number of carbonyl (C=O) groups excluding carboxylic acids is 1. The van der Waals surface area contributed by atoms with Crippen molar-refractivity contribution in [1.82, 2.24) is 9.80 Å². The molecule has 2 rings (SSSR count). The number of hydrogen-bond acceptors (Lipinski definition) is 3. The lowest BCUT2D eigenvalue weighted by atomic mass is 9.92. The van der Waals surface area contributed by atoms with E-state index in [4.69, 9.17) is 4.74 Å². The Hall–Kier alpha value is -0.610. The summed E-state index contributed by atoms with van der Waals surface area (Å²) >= 11 is 0. The van der Waals surface area contributed by atoms with Crippen LogP contribution in [-0.2, 0) is 9.53 Å². The van der Waals surface area contributed by atoms with Crippen LogP contribution in [0.3, 0.4) is 0 Å². The molecule has 0 aromatic rings. The molecular weight excluding hydrogens is 252 g/mol. The van der Waals surface area contributed by atoms with Gasteiger partial charge in [0.2, 0.25) is 5.91 Å². The Bertz CT molecular complexity index is 310. The number of carbonyl (C=O) groups is 1. The Kier molecular flexibility index (Phi) is 5.85. The fourth-order valence-corrected chi connectivity index (χ4v) is 3.69. The summed E-state index contributed by atoms with van der Waals surface area (Å²) in [5.41, 5.74) is 0. The maximum absolute atomic E-state index is 12.5. The summed E-state index contributed by atoms with van der Waals surface area (Å²) in [5, 5.41) is 0. The monoisotopic (exact) mass is 282 g/mol. The van der Waals surface area contributed by atoms with Crippen molar-refractivity contribution in [2.24, 2.45) is 11.8 Å². The van der Waals surface area contributed by atoms with Crippen molar-refractivity contribution >= 4 is 5.91 Å². The first-order valence-electron chi connectivity index (χ1n) is 8.20. The summed E-state index contributed by atoms with van der Waals surface area (Å²) in [6.07, 6.45) is 3.85. The second-order valence-electron chi connectivity index (χ2n) is 6.70. The van der Waals surface area contributed by atoms with Crippen LogP contribution in [0.5, 0.6) is 0 Å². The molecule has 3 atom stereocenters. The summed E-state index contributed by atoms with van der Waals surface area (Å²) in [5.74, 6) is 1.58. The van der Waals surface area contributed by atoms with Crippen LogP contribution < -0.4 is 0 Å². The highest BCUT2D eigenvalue weighted by Crippen LogP contribution is 2.21. The molecule has 3 unspecified atom stereocenters. The molecule has 0 spiro atoms. The van der Waals surface area contributed by atoms with E-state index in [0.29, 0.717) is 30.4 Å². The number of piperidine rings is 2. The Balaban J connectivity index is 1.81. The number of nitrogens with zero attached hydrogens (tertiary/aromatic N) is 2. The minimum Gasteiger partial charge on any atom is -0.377 e. The van der Waals surface area contributed by atoms with Crippen LogP contribution in [-0.4, -0.2) is 61.1 Å². The molecule has 0 aromatic carbocycles. The van der Waals surface area contributed by atoms with Crippen LogP contribution in [0.25, 0.3) is 0 Å². The summed E-state index contributed by atoms with van der Waals surface area (Å²) in [6.45, 7) is 11.7. The molecule has 116 valence electrons. The van der Waals surface area contributed by atoms with Gasteiger partial charge >= 0.3 is 0 Å². The lowest BCUT2D eigenvalue weighted by Crippen LogP contribution is -2.49. The quantitative estimate of drug-likeness (QED) is 0.790. The number of amides is 1. The first kappa shape index (κ1) is 15.8. The van der Waals surface area contributed by atoms with E-state index in [0.717, 1.165) is 45.6 Å². The highest BCUT2D eigenvalue weighted by atomic mass is 16.5. The van der Waals surface area contributed by atoms with E-state index in [2.05, 4.69) is 23.6 Å². The molecule has 2 aliphatic rings. The van der Waals surface area contributed by atoms with Gasteiger partial charge in [0, 0.05) is 26.2 Å². The van der Waals surface area contributed by atoms with Gasteiger partial charge in [0.1, 0.15) is 0 Å². The summed E-state index contributed by atoms with van der Waals surface area (Å²) in [4.78, 5) is 16.8. The minimum atomic E-state index is 0.306. The van der Waals surface area contributed by atoms with Gasteiger partial charge in [0.25, 0.3) is 0 Å². The van der Waals surface area contributed by atoms with E-state index in [1.807, 2.05) is 6.92 Å². The van der Waals surface area contributed by atoms with E-state index in [1.165, 1.54) is 6.42 Å². The molecule has 0 N–H and O–H groups in total. The standard InChI is InChI=1S/C16H30N2O2/c1-4-20-15-6-5-7-17(11-15)12-16(19)18-9-13(2)8-14(3)10-18/h13-15H,4-12H2,1-3H3. The summed E-state index contributed by atoms with van der Waals surface area (Å²) < 4.78 is 5.71. The molecule has 4 nitrogen and oxygen atoms in total. The molecule has 2 fully saturated rings. The van der Waals surface area contributed by atoms with Gasteiger partial charge in [-0.25, -0.2) is 0 Å². The zero-order valence-electron chi connectivity index (χ0n) is 13.3. The van der Waals surface area contributed by atoms with E-state index in [9.17, 15) is 4.79 Å². The Labute approximate surface area is 123 Å². The van der Waals surface area contributed by atoms with Crippen molar-refractivity contribution in [3.8, 4) is 0 Å². The number of rotatable bonds is 4. The number of ether oxygens (including phenoxy) is 1. The predicted molar refractivity (Wildman–Crippen MR) is 80.6 cm³/mol. The highest BCUT2D eigenvalue weighted by molar-refractivity contribution is 5.78. The third kappa shape index (κ3) is 4.45. The number of hydrogen-bond donors (Lipinski definition) is 0. The van der Waals surface area contributed by atoms with Gasteiger partial charge in [-0.05, 0) is 44.6 Å². The third-order valence-electron chi connectivity index (χ3n) is 4.45. The summed E-state index contributed by atoms with van der Waals surface area (Å²) in [7, 11) is 0. The lowest BCUT2D eigenvalue weighted by molar-refractivity contribution is -0.136. The molecule has 0 saturated carbocycles. The zero-order valence-corrected chi connectivity index (χ0v) is 13.3. The fraction of sp³-hybridized carbons (Fsp3) is 0.938. The van der Waals surface area contributed by atoms with Gasteiger partial charge in [-0.1, -0.05) is 13.8 Å². The van der Waals surface area contributed by atoms with Crippen molar-refractivity contribution in [3.05, 3.63) is 0 Å². The van der Waals surface area contributed by atoms with Gasteiger partial charge in [-0.15, -0.1) is 0 Å². The highest BCUT2D eigenvalue weighted by Gasteiger charge is 2.28. The molecule has 0 bridgehead atoms. The molecular formula is C16H30N2O2. The van der Waals surface area contributed by atoms with Gasteiger partial charge in [-0.3, -0.25) is 9.69 Å². The van der Waals surface area contributed by atoms with Crippen molar-refractivity contribution in [3.63, 3.8) is 0 Å². The molecule has 20 heavy (non-hydrogen) atoms. The maximum Gasteiger partial charge on any atom is 0.236 e. The van der Waals surface area contributed by atoms with Crippen molar-refractivity contribution in [1.29, 1.82) is 0 Å². The van der Waals surface area contributed by atoms with E-state index < -0.39 is 0 Å². The first-order valence-corrected chi connectivity index (χ1v) is 8.20. The molecule has 1 amide bonds. The van der Waals surface area contributed by atoms with Crippen LogP contribution in [0.1, 0.15) is 40.0 Å². The van der Waals surface area contributed by atoms with E-state index >= 15 is 0 Å². The fourth-order valence-electron chi connectivity index (χ4n) is 3.69. The van der Waals surface area contributed by atoms with Gasteiger partial charge in [-0.2, -0.15) is 0 Å². The Morgan fingerprint density at radius 2 is 1.90 bits per heavy atom. The maximum atomic E-state index is 12.5. The van der Waals surface area contributed by atoms with Crippen LogP contribution >= 0.6 is 0 Å². The molecule has 0 aliphatic carbocycles. The smallest absolute Gasteiger partial charge is 0.236 e. The zero-order chi connectivity index (χ0) is 14.5. The average molecular weight is 282 g/mol. The van der Waals surface area contributed by atoms with Crippen LogP contribution in [0.15, 0.2) is 0 Å². The van der Waals surface area contributed by atoms with E-state index in [1.54, 1.807) is 0 Å². The van der Waals surface area contributed by atoms with Gasteiger partial charge in [0.15, 0.2) is 0 Å². The molecule has 4 heteroatoms. The van der Waals surface area contributed by atoms with Crippen molar-refractivity contribution in [2.75, 3.05) is 39.3 Å². The third-order valence-corrected chi connectivity index (χ3v) is 4.45. The molecule has 2 saturated heterocycles. The van der Waals surface area contributed by atoms with Crippen molar-refractivity contribution in [2.45, 2.75) is 46.1 Å². The molecule has 2 aliphatic heterocycles. The largest absolute Gasteiger partial charge is 0.377 e. The number of likely N-dealkylation sites (tertiary alicyclic amines) is 2. The first-order chi connectivity index (χ1) is 9.58. The predicted octanol–water partition coefficient (Wildman–Crippen LogP) is 1.99. The van der Waals surface area contributed by atoms with Crippen LogP contribution in [0, 0.1) is 11.8 Å². The minimum absolute atomic E-state index is 0.306. The average Bonchev–Trinajstić information content (AvgIpc) is 2.38. The van der Waals surface area contributed by atoms with Gasteiger partial charge < -0.3 is 9.64 Å². The SMILES string of the molecule is CCOC1CCCN(CC(=O)N2CC(C)CC(C)C2)C1. The second kappa shape index (κ2) is 7.41. The van der Waals surface area contributed by atoms with Crippen molar-refractivity contribution < 1.29 is 9.53 Å². The molecule has 2 heterocycles. The topological polar surface area (TPSA) is 32.8 Å². The second-order valence-corrected chi connectivity index (χ2v) is 6.70. The van der Waals surface area contributed by atoms with E-state index in [-0.39, 0.29) is 0 Å².